The molecule has 1 aromatic rings. The van der Waals surface area contributed by atoms with Gasteiger partial charge in [-0.05, 0) is 38.3 Å². The second kappa shape index (κ2) is 9.47. The number of anilines is 1. The van der Waals surface area contributed by atoms with Crippen LogP contribution >= 0.6 is 27.7 Å². The highest BCUT2D eigenvalue weighted by molar-refractivity contribution is 9.09. The molecule has 3 saturated heterocycles. The van der Waals surface area contributed by atoms with Crippen molar-refractivity contribution in [2.24, 2.45) is 11.8 Å². The van der Waals surface area contributed by atoms with E-state index in [2.05, 4.69) is 26.6 Å². The van der Waals surface area contributed by atoms with E-state index in [0.717, 1.165) is 25.7 Å². The molecular formula is C25H32BrN3O4S. The smallest absolute Gasteiger partial charge is 0.244 e. The molecule has 1 saturated carbocycles. The maximum absolute atomic E-state index is 13.9. The van der Waals surface area contributed by atoms with E-state index in [-0.39, 0.29) is 40.4 Å². The molecule has 4 aliphatic rings. The molecule has 3 unspecified atom stereocenters. The number of alkyl halides is 1. The van der Waals surface area contributed by atoms with E-state index in [1.54, 1.807) is 23.6 Å². The second-order valence-electron chi connectivity index (χ2n) is 10.1. The van der Waals surface area contributed by atoms with Crippen LogP contribution in [0.4, 0.5) is 5.69 Å². The van der Waals surface area contributed by atoms with Gasteiger partial charge in [-0.3, -0.25) is 14.4 Å². The van der Waals surface area contributed by atoms with E-state index >= 15 is 0 Å². The van der Waals surface area contributed by atoms with Gasteiger partial charge in [0.05, 0.1) is 29.2 Å². The van der Waals surface area contributed by atoms with Crippen molar-refractivity contribution in [3.05, 3.63) is 30.3 Å². The van der Waals surface area contributed by atoms with Gasteiger partial charge in [-0.15, -0.1) is 11.8 Å². The van der Waals surface area contributed by atoms with E-state index in [0.29, 0.717) is 12.1 Å². The molecule has 9 heteroatoms. The highest BCUT2D eigenvalue weighted by Gasteiger charge is 2.76. The number of aliphatic hydroxyl groups excluding tert-OH is 1. The predicted molar refractivity (Wildman–Crippen MR) is 136 cm³/mol. The van der Waals surface area contributed by atoms with E-state index < -0.39 is 28.7 Å². The van der Waals surface area contributed by atoms with Gasteiger partial charge in [-0.1, -0.05) is 53.4 Å². The monoisotopic (exact) mass is 549 g/mol. The summed E-state index contributed by atoms with van der Waals surface area (Å²) < 4.78 is -0.684. The van der Waals surface area contributed by atoms with Crippen molar-refractivity contribution < 1.29 is 19.5 Å². The molecule has 184 valence electrons. The van der Waals surface area contributed by atoms with Gasteiger partial charge in [0.2, 0.25) is 17.7 Å². The zero-order chi connectivity index (χ0) is 24.0. The molecule has 3 N–H and O–H groups in total. The Balaban J connectivity index is 1.47. The highest BCUT2D eigenvalue weighted by Crippen LogP contribution is 2.68. The minimum absolute atomic E-state index is 0.0300. The minimum atomic E-state index is -0.696. The first-order valence-corrected chi connectivity index (χ1v) is 14.1. The molecule has 3 heterocycles. The van der Waals surface area contributed by atoms with E-state index in [4.69, 9.17) is 0 Å². The fourth-order valence-corrected chi connectivity index (χ4v) is 10.1. The Morgan fingerprint density at radius 1 is 1.21 bits per heavy atom. The minimum Gasteiger partial charge on any atom is -0.394 e. The molecule has 3 amide bonds. The number of nitrogens with zero attached hydrogens (tertiary/aromatic N) is 1. The lowest BCUT2D eigenvalue weighted by Gasteiger charge is -2.37. The van der Waals surface area contributed by atoms with Crippen molar-refractivity contribution in [1.29, 1.82) is 0 Å². The zero-order valence-corrected chi connectivity index (χ0v) is 21.7. The van der Waals surface area contributed by atoms with Crippen molar-refractivity contribution in [3.63, 3.8) is 0 Å². The van der Waals surface area contributed by atoms with Crippen LogP contribution in [0.3, 0.4) is 0 Å². The fraction of sp³-hybridized carbons (Fsp3) is 0.640. The van der Waals surface area contributed by atoms with E-state index in [1.807, 2.05) is 30.3 Å². The van der Waals surface area contributed by atoms with Crippen LogP contribution < -0.4 is 10.6 Å². The van der Waals surface area contributed by atoms with Gasteiger partial charge in [0, 0.05) is 21.8 Å². The lowest BCUT2D eigenvalue weighted by atomic mass is 9.70. The summed E-state index contributed by atoms with van der Waals surface area (Å²) in [4.78, 5) is 42.8. The number of amides is 3. The van der Waals surface area contributed by atoms with Gasteiger partial charge in [0.15, 0.2) is 0 Å². The molecule has 1 spiro atoms. The summed E-state index contributed by atoms with van der Waals surface area (Å²) in [7, 11) is 0. The Morgan fingerprint density at radius 3 is 2.59 bits per heavy atom. The Hall–Kier alpha value is -1.58. The lowest BCUT2D eigenvalue weighted by Crippen LogP contribution is -2.58. The SMILES string of the molecule is C[C@H](CO)N1C(=O)[C@@H]2[C@@H](C(=O)Nc3ccccc3)[C@@H]3SC2(CC3Br)C1C(=O)NC1CCCCC1. The van der Waals surface area contributed by atoms with Crippen molar-refractivity contribution in [2.75, 3.05) is 11.9 Å². The number of likely N-dealkylation sites (tertiary alicyclic amines) is 1. The summed E-state index contributed by atoms with van der Waals surface area (Å²) in [6, 6.07) is 8.19. The summed E-state index contributed by atoms with van der Waals surface area (Å²) in [5, 5.41) is 16.1. The number of hydrogen-bond donors (Lipinski definition) is 3. The quantitative estimate of drug-likeness (QED) is 0.474. The van der Waals surface area contributed by atoms with Crippen LogP contribution in [0, 0.1) is 11.8 Å². The molecule has 2 bridgehead atoms. The molecule has 5 rings (SSSR count). The van der Waals surface area contributed by atoms with Crippen molar-refractivity contribution >= 4 is 51.1 Å². The predicted octanol–water partition coefficient (Wildman–Crippen LogP) is 2.92. The van der Waals surface area contributed by atoms with Crippen molar-refractivity contribution in [2.45, 2.75) is 78.4 Å². The largest absolute Gasteiger partial charge is 0.394 e. The Morgan fingerprint density at radius 2 is 1.91 bits per heavy atom. The number of para-hydroxylation sites is 1. The molecule has 7 nitrogen and oxygen atoms in total. The fourth-order valence-electron chi connectivity index (χ4n) is 6.50. The number of carbonyl (C=O) groups excluding carboxylic acids is 3. The third-order valence-electron chi connectivity index (χ3n) is 8.01. The molecule has 3 aliphatic heterocycles. The van der Waals surface area contributed by atoms with Gasteiger partial charge in [-0.25, -0.2) is 0 Å². The average Bonchev–Trinajstić information content (AvgIpc) is 3.43. The molecule has 4 fully saturated rings. The first-order chi connectivity index (χ1) is 16.4. The highest BCUT2D eigenvalue weighted by atomic mass is 79.9. The van der Waals surface area contributed by atoms with E-state index in [9.17, 15) is 19.5 Å². The molecule has 0 aromatic heterocycles. The van der Waals surface area contributed by atoms with Gasteiger partial charge in [0.1, 0.15) is 6.04 Å². The third-order valence-corrected chi connectivity index (χ3v) is 11.2. The summed E-state index contributed by atoms with van der Waals surface area (Å²) in [5.41, 5.74) is 0.693. The summed E-state index contributed by atoms with van der Waals surface area (Å²) in [6.45, 7) is 1.55. The summed E-state index contributed by atoms with van der Waals surface area (Å²) in [5.74, 6) is -1.64. The van der Waals surface area contributed by atoms with E-state index in [1.165, 1.54) is 6.42 Å². The number of hydrogen-bond acceptors (Lipinski definition) is 5. The molecule has 1 aliphatic carbocycles. The van der Waals surface area contributed by atoms with Crippen LogP contribution in [0.1, 0.15) is 45.4 Å². The Labute approximate surface area is 212 Å². The number of rotatable bonds is 6. The summed E-state index contributed by atoms with van der Waals surface area (Å²) in [6.07, 6.45) is 5.94. The first-order valence-electron chi connectivity index (χ1n) is 12.3. The number of aliphatic hydroxyl groups is 1. The molecule has 7 atom stereocenters. The zero-order valence-electron chi connectivity index (χ0n) is 19.3. The maximum atomic E-state index is 13.9. The van der Waals surface area contributed by atoms with Gasteiger partial charge in [0.25, 0.3) is 0 Å². The molecular weight excluding hydrogens is 518 g/mol. The van der Waals surface area contributed by atoms with Crippen LogP contribution in [0.5, 0.6) is 0 Å². The van der Waals surface area contributed by atoms with Crippen LogP contribution in [-0.2, 0) is 14.4 Å². The molecule has 34 heavy (non-hydrogen) atoms. The number of fused-ring (bicyclic) bond motifs is 1. The topological polar surface area (TPSA) is 98.7 Å². The van der Waals surface area contributed by atoms with Crippen LogP contribution in [0.25, 0.3) is 0 Å². The van der Waals surface area contributed by atoms with Crippen molar-refractivity contribution in [3.8, 4) is 0 Å². The average molecular weight is 551 g/mol. The number of nitrogens with one attached hydrogen (secondary N) is 2. The Kier molecular flexibility index (Phi) is 6.72. The number of thioether (sulfide) groups is 1. The molecule has 0 radical (unpaired) electrons. The van der Waals surface area contributed by atoms with Gasteiger partial charge >= 0.3 is 0 Å². The van der Waals surface area contributed by atoms with Crippen LogP contribution in [0.15, 0.2) is 30.3 Å². The van der Waals surface area contributed by atoms with Gasteiger partial charge in [-0.2, -0.15) is 0 Å². The van der Waals surface area contributed by atoms with Crippen LogP contribution in [-0.4, -0.2) is 67.3 Å². The van der Waals surface area contributed by atoms with Gasteiger partial charge < -0.3 is 20.6 Å². The maximum Gasteiger partial charge on any atom is 0.244 e. The summed E-state index contributed by atoms with van der Waals surface area (Å²) >= 11 is 5.40. The third kappa shape index (κ3) is 3.88. The normalized spacial score (nSPS) is 35.8. The first kappa shape index (κ1) is 24.1. The number of halogens is 1. The lowest BCUT2D eigenvalue weighted by molar-refractivity contribution is -0.141. The Bertz CT molecular complexity index is 959. The number of benzene rings is 1. The standard InChI is InChI=1S/C25H32BrN3O4S/c1-14(13-30)29-21(23(32)28-16-10-6-3-7-11-16)25-12-17(26)20(34-25)18(19(25)24(29)33)22(31)27-15-8-4-2-5-9-15/h2,4-5,8-9,14,16-21,30H,3,6-7,10-13H2,1H3,(H,27,31)(H,28,32)/t14-,17?,18-,19+,20-,21?,25?/m1/s1. The van der Waals surface area contributed by atoms with Crippen molar-refractivity contribution in [1.82, 2.24) is 10.2 Å². The second-order valence-corrected chi connectivity index (χ2v) is 12.9. The molecule has 1 aromatic carbocycles. The van der Waals surface area contributed by atoms with Crippen LogP contribution in [0.2, 0.25) is 0 Å². The number of carbonyl (C=O) groups is 3.